The number of ether oxygens (including phenoxy) is 1. The zero-order valence-corrected chi connectivity index (χ0v) is 14.3. The molecular weight excluding hydrogens is 340 g/mol. The van der Waals surface area contributed by atoms with Crippen molar-refractivity contribution in [1.82, 2.24) is 10.2 Å². The number of benzene rings is 2. The van der Waals surface area contributed by atoms with Gasteiger partial charge in [0.05, 0.1) is 5.56 Å². The molecule has 1 aromatic heterocycles. The van der Waals surface area contributed by atoms with Gasteiger partial charge in [0.1, 0.15) is 6.61 Å². The van der Waals surface area contributed by atoms with E-state index in [4.69, 9.17) is 20.8 Å². The van der Waals surface area contributed by atoms with Gasteiger partial charge in [-0.2, -0.15) is 0 Å². The molecular formula is C19H15ClN2O3. The smallest absolute Gasteiger partial charge is 0.338 e. The van der Waals surface area contributed by atoms with Gasteiger partial charge in [0.2, 0.25) is 11.8 Å². The molecule has 5 nitrogen and oxygen atoms in total. The predicted octanol–water partition coefficient (Wildman–Crippen LogP) is 4.62. The number of rotatable bonds is 5. The fraction of sp³-hybridized carbons (Fsp3) is 0.105. The van der Waals surface area contributed by atoms with Gasteiger partial charge in [-0.3, -0.25) is 0 Å². The molecule has 0 radical (unpaired) electrons. The molecule has 0 unspecified atom stereocenters. The van der Waals surface area contributed by atoms with Crippen molar-refractivity contribution in [1.29, 1.82) is 0 Å². The highest BCUT2D eigenvalue weighted by atomic mass is 35.5. The zero-order chi connectivity index (χ0) is 17.8. The van der Waals surface area contributed by atoms with Gasteiger partial charge in [0.15, 0.2) is 0 Å². The molecule has 126 valence electrons. The van der Waals surface area contributed by atoms with Crippen LogP contribution in [0, 0.1) is 6.92 Å². The molecule has 25 heavy (non-hydrogen) atoms. The average molecular weight is 355 g/mol. The number of hydrogen-bond donors (Lipinski definition) is 0. The predicted molar refractivity (Wildman–Crippen MR) is 95.2 cm³/mol. The Kier molecular flexibility index (Phi) is 4.95. The molecule has 0 bridgehead atoms. The normalized spacial score (nSPS) is 10.5. The standard InChI is InChI=1S/C19H15ClN2O3/c1-12-5-3-4-6-16(12)18-22-21-17(25-18)14-7-9-15(10-8-14)19(23)24-11-13(2)20/h3-10H,2,11H2,1H3. The summed E-state index contributed by atoms with van der Waals surface area (Å²) < 4.78 is 10.7. The largest absolute Gasteiger partial charge is 0.456 e. The minimum Gasteiger partial charge on any atom is -0.456 e. The van der Waals surface area contributed by atoms with Crippen LogP contribution < -0.4 is 0 Å². The Labute approximate surface area is 149 Å². The monoisotopic (exact) mass is 354 g/mol. The number of aryl methyl sites for hydroxylation is 1. The van der Waals surface area contributed by atoms with Crippen molar-refractivity contribution in [2.75, 3.05) is 6.61 Å². The minimum absolute atomic E-state index is 0.0222. The molecule has 0 aliphatic rings. The van der Waals surface area contributed by atoms with Crippen LogP contribution in [0.5, 0.6) is 0 Å². The van der Waals surface area contributed by atoms with Gasteiger partial charge in [0, 0.05) is 16.2 Å². The maximum absolute atomic E-state index is 11.9. The van der Waals surface area contributed by atoms with Gasteiger partial charge in [-0.25, -0.2) is 4.79 Å². The lowest BCUT2D eigenvalue weighted by Crippen LogP contribution is -2.06. The van der Waals surface area contributed by atoms with Crippen molar-refractivity contribution in [3.8, 4) is 22.9 Å². The summed E-state index contributed by atoms with van der Waals surface area (Å²) in [6, 6.07) is 14.5. The highest BCUT2D eigenvalue weighted by Gasteiger charge is 2.13. The van der Waals surface area contributed by atoms with Crippen LogP contribution in [-0.2, 0) is 4.74 Å². The van der Waals surface area contributed by atoms with Crippen LogP contribution in [0.15, 0.2) is 64.6 Å². The highest BCUT2D eigenvalue weighted by molar-refractivity contribution is 6.29. The SMILES string of the molecule is C=C(Cl)COC(=O)c1ccc(-c2nnc(-c3ccccc3C)o2)cc1. The summed E-state index contributed by atoms with van der Waals surface area (Å²) in [7, 11) is 0. The van der Waals surface area contributed by atoms with Crippen molar-refractivity contribution in [2.45, 2.75) is 6.92 Å². The molecule has 0 aliphatic heterocycles. The third-order valence-corrected chi connectivity index (χ3v) is 3.64. The number of esters is 1. The van der Waals surface area contributed by atoms with E-state index in [1.807, 2.05) is 31.2 Å². The Morgan fingerprint density at radius 3 is 2.48 bits per heavy atom. The Bertz CT molecular complexity index is 916. The number of nitrogens with zero attached hydrogens (tertiary/aromatic N) is 2. The second-order valence-corrected chi connectivity index (χ2v) is 5.93. The van der Waals surface area contributed by atoms with E-state index in [0.717, 1.165) is 11.1 Å². The van der Waals surface area contributed by atoms with Crippen LogP contribution in [0.25, 0.3) is 22.9 Å². The molecule has 0 saturated heterocycles. The first-order valence-electron chi connectivity index (χ1n) is 7.55. The summed E-state index contributed by atoms with van der Waals surface area (Å²) in [4.78, 5) is 11.9. The van der Waals surface area contributed by atoms with E-state index >= 15 is 0 Å². The number of carbonyl (C=O) groups excluding carboxylic acids is 1. The van der Waals surface area contributed by atoms with E-state index in [9.17, 15) is 4.79 Å². The molecule has 3 aromatic rings. The first kappa shape index (κ1) is 16.9. The lowest BCUT2D eigenvalue weighted by atomic mass is 10.1. The quantitative estimate of drug-likeness (QED) is 0.625. The van der Waals surface area contributed by atoms with E-state index in [-0.39, 0.29) is 11.6 Å². The van der Waals surface area contributed by atoms with Crippen LogP contribution in [0.3, 0.4) is 0 Å². The Balaban J connectivity index is 1.78. The summed E-state index contributed by atoms with van der Waals surface area (Å²) in [5.74, 6) is 0.365. The van der Waals surface area contributed by atoms with E-state index in [2.05, 4.69) is 16.8 Å². The van der Waals surface area contributed by atoms with Crippen LogP contribution in [0.4, 0.5) is 0 Å². The molecule has 0 aliphatic carbocycles. The summed E-state index contributed by atoms with van der Waals surface area (Å²) in [6.07, 6.45) is 0. The maximum atomic E-state index is 11.9. The van der Waals surface area contributed by atoms with Gasteiger partial charge >= 0.3 is 5.97 Å². The van der Waals surface area contributed by atoms with E-state index in [1.54, 1.807) is 24.3 Å². The number of hydrogen-bond acceptors (Lipinski definition) is 5. The molecule has 6 heteroatoms. The van der Waals surface area contributed by atoms with E-state index in [0.29, 0.717) is 22.9 Å². The van der Waals surface area contributed by atoms with Gasteiger partial charge in [-0.05, 0) is 42.8 Å². The Morgan fingerprint density at radius 1 is 1.12 bits per heavy atom. The fourth-order valence-electron chi connectivity index (χ4n) is 2.24. The van der Waals surface area contributed by atoms with Crippen molar-refractivity contribution < 1.29 is 13.9 Å². The third kappa shape index (κ3) is 3.95. The molecule has 0 saturated carbocycles. The Hall–Kier alpha value is -2.92. The first-order chi connectivity index (χ1) is 12.0. The highest BCUT2D eigenvalue weighted by Crippen LogP contribution is 2.26. The third-order valence-electron chi connectivity index (χ3n) is 3.53. The number of aromatic nitrogens is 2. The van der Waals surface area contributed by atoms with Crippen LogP contribution in [0.2, 0.25) is 0 Å². The summed E-state index contributed by atoms with van der Waals surface area (Å²) in [6.45, 7) is 5.43. The lowest BCUT2D eigenvalue weighted by molar-refractivity contribution is 0.0546. The summed E-state index contributed by atoms with van der Waals surface area (Å²) in [5, 5.41) is 8.44. The molecule has 2 aromatic carbocycles. The maximum Gasteiger partial charge on any atom is 0.338 e. The van der Waals surface area contributed by atoms with Crippen molar-refractivity contribution in [2.24, 2.45) is 0 Å². The first-order valence-corrected chi connectivity index (χ1v) is 7.93. The van der Waals surface area contributed by atoms with Crippen LogP contribution in [0.1, 0.15) is 15.9 Å². The molecule has 0 N–H and O–H groups in total. The second-order valence-electron chi connectivity index (χ2n) is 5.40. The van der Waals surface area contributed by atoms with Crippen molar-refractivity contribution >= 4 is 17.6 Å². The fourth-order valence-corrected chi connectivity index (χ4v) is 2.29. The molecule has 1 heterocycles. The molecule has 0 fully saturated rings. The Morgan fingerprint density at radius 2 is 1.80 bits per heavy atom. The van der Waals surface area contributed by atoms with E-state index < -0.39 is 5.97 Å². The van der Waals surface area contributed by atoms with Crippen molar-refractivity contribution in [3.05, 3.63) is 71.3 Å². The zero-order valence-electron chi connectivity index (χ0n) is 13.5. The molecule has 3 rings (SSSR count). The van der Waals surface area contributed by atoms with Gasteiger partial charge in [-0.15, -0.1) is 10.2 Å². The minimum atomic E-state index is -0.473. The average Bonchev–Trinajstić information content (AvgIpc) is 3.10. The topological polar surface area (TPSA) is 65.2 Å². The molecule has 0 spiro atoms. The van der Waals surface area contributed by atoms with Gasteiger partial charge in [0.25, 0.3) is 0 Å². The van der Waals surface area contributed by atoms with Crippen LogP contribution >= 0.6 is 11.6 Å². The summed E-state index contributed by atoms with van der Waals surface area (Å²) in [5.41, 5.74) is 3.06. The molecule has 0 amide bonds. The second kappa shape index (κ2) is 7.32. The van der Waals surface area contributed by atoms with Gasteiger partial charge in [-0.1, -0.05) is 36.4 Å². The van der Waals surface area contributed by atoms with Crippen LogP contribution in [-0.4, -0.2) is 22.8 Å². The number of carbonyl (C=O) groups is 1. The molecule has 0 atom stereocenters. The lowest BCUT2D eigenvalue weighted by Gasteiger charge is -2.03. The van der Waals surface area contributed by atoms with Crippen molar-refractivity contribution in [3.63, 3.8) is 0 Å². The van der Waals surface area contributed by atoms with E-state index in [1.165, 1.54) is 0 Å². The van der Waals surface area contributed by atoms with Gasteiger partial charge < -0.3 is 9.15 Å². The summed E-state index contributed by atoms with van der Waals surface area (Å²) >= 11 is 5.58. The number of halogens is 1.